The van der Waals surface area contributed by atoms with Gasteiger partial charge in [-0.3, -0.25) is 4.98 Å². The first kappa shape index (κ1) is 22.6. The molecule has 1 fully saturated rings. The summed E-state index contributed by atoms with van der Waals surface area (Å²) in [6.07, 6.45) is 3.33. The molecule has 0 atom stereocenters. The molecule has 0 radical (unpaired) electrons. The molecule has 0 aliphatic carbocycles. The molecular weight excluding hydrogens is 442 g/mol. The molecule has 2 aromatic carbocycles. The van der Waals surface area contributed by atoms with Crippen molar-refractivity contribution in [1.29, 1.82) is 0 Å². The standard InChI is InChI=1S/C23H25N5O4S/c29-21-7-5-20(6-8-21)27-12-14-28(15-13-27)33(31,32)22-9-3-19(4-10-22)26-23(30)25-17-18-2-1-11-24-16-18/h1-11,16,29H,12-15,17H2,(H2,25,26,30). The number of amides is 2. The number of carbonyl (C=O) groups is 1. The third-order valence-electron chi connectivity index (χ3n) is 5.38. The van der Waals surface area contributed by atoms with E-state index in [0.29, 0.717) is 38.4 Å². The van der Waals surface area contributed by atoms with Crippen LogP contribution < -0.4 is 15.5 Å². The van der Waals surface area contributed by atoms with Crippen LogP contribution in [0.25, 0.3) is 0 Å². The number of benzene rings is 2. The predicted molar refractivity (Wildman–Crippen MR) is 126 cm³/mol. The first-order chi connectivity index (χ1) is 15.9. The van der Waals surface area contributed by atoms with E-state index in [1.54, 1.807) is 42.7 Å². The van der Waals surface area contributed by atoms with Crippen LogP contribution in [0.5, 0.6) is 5.75 Å². The van der Waals surface area contributed by atoms with E-state index in [1.807, 2.05) is 18.2 Å². The van der Waals surface area contributed by atoms with Gasteiger partial charge >= 0.3 is 6.03 Å². The van der Waals surface area contributed by atoms with Crippen molar-refractivity contribution in [2.24, 2.45) is 0 Å². The molecule has 172 valence electrons. The second-order valence-corrected chi connectivity index (χ2v) is 9.54. The van der Waals surface area contributed by atoms with Crippen LogP contribution in [-0.4, -0.2) is 55.0 Å². The Bertz CT molecular complexity index is 1180. The molecule has 3 aromatic rings. The quantitative estimate of drug-likeness (QED) is 0.513. The molecule has 0 bridgehead atoms. The smallest absolute Gasteiger partial charge is 0.319 e. The summed E-state index contributed by atoms with van der Waals surface area (Å²) in [4.78, 5) is 18.4. The van der Waals surface area contributed by atoms with E-state index in [0.717, 1.165) is 11.3 Å². The highest BCUT2D eigenvalue weighted by Gasteiger charge is 2.28. The van der Waals surface area contributed by atoms with Crippen molar-refractivity contribution in [2.45, 2.75) is 11.4 Å². The Balaban J connectivity index is 1.32. The number of hydrogen-bond donors (Lipinski definition) is 3. The fourth-order valence-corrected chi connectivity index (χ4v) is 4.99. The van der Waals surface area contributed by atoms with Crippen molar-refractivity contribution in [3.63, 3.8) is 0 Å². The lowest BCUT2D eigenvalue weighted by molar-refractivity contribution is 0.251. The molecule has 9 nitrogen and oxygen atoms in total. The average Bonchev–Trinajstić information content (AvgIpc) is 2.84. The molecule has 0 unspecified atom stereocenters. The first-order valence-electron chi connectivity index (χ1n) is 10.5. The van der Waals surface area contributed by atoms with Gasteiger partial charge in [0, 0.05) is 56.5 Å². The van der Waals surface area contributed by atoms with E-state index in [4.69, 9.17) is 0 Å². The lowest BCUT2D eigenvalue weighted by Gasteiger charge is -2.35. The fourth-order valence-electron chi connectivity index (χ4n) is 3.57. The molecule has 33 heavy (non-hydrogen) atoms. The number of carbonyl (C=O) groups excluding carboxylic acids is 1. The third-order valence-corrected chi connectivity index (χ3v) is 7.29. The highest BCUT2D eigenvalue weighted by Crippen LogP contribution is 2.23. The van der Waals surface area contributed by atoms with Crippen LogP contribution in [0.3, 0.4) is 0 Å². The first-order valence-corrected chi connectivity index (χ1v) is 11.9. The fraction of sp³-hybridized carbons (Fsp3) is 0.217. The second-order valence-electron chi connectivity index (χ2n) is 7.60. The van der Waals surface area contributed by atoms with E-state index in [9.17, 15) is 18.3 Å². The van der Waals surface area contributed by atoms with Gasteiger partial charge in [-0.25, -0.2) is 13.2 Å². The van der Waals surface area contributed by atoms with E-state index < -0.39 is 10.0 Å². The number of piperazine rings is 1. The van der Waals surface area contributed by atoms with Crippen molar-refractivity contribution < 1.29 is 18.3 Å². The molecule has 2 amide bonds. The van der Waals surface area contributed by atoms with Crippen LogP contribution in [0.2, 0.25) is 0 Å². The summed E-state index contributed by atoms with van der Waals surface area (Å²) in [6, 6.07) is 16.3. The topological polar surface area (TPSA) is 115 Å². The predicted octanol–water partition coefficient (Wildman–Crippen LogP) is 2.62. The van der Waals surface area contributed by atoms with Gasteiger partial charge in [0.1, 0.15) is 5.75 Å². The molecule has 0 spiro atoms. The number of nitrogens with one attached hydrogen (secondary N) is 2. The molecule has 1 saturated heterocycles. The number of phenolic OH excluding ortho intramolecular Hbond substituents is 1. The Kier molecular flexibility index (Phi) is 6.76. The SMILES string of the molecule is O=C(NCc1cccnc1)Nc1ccc(S(=O)(=O)N2CCN(c3ccc(O)cc3)CC2)cc1. The minimum absolute atomic E-state index is 0.182. The van der Waals surface area contributed by atoms with E-state index in [2.05, 4.69) is 20.5 Å². The highest BCUT2D eigenvalue weighted by molar-refractivity contribution is 7.89. The van der Waals surface area contributed by atoms with Gasteiger partial charge in [-0.05, 0) is 60.2 Å². The van der Waals surface area contributed by atoms with E-state index in [1.165, 1.54) is 16.4 Å². The molecule has 2 heterocycles. The number of phenols is 1. The molecule has 1 aromatic heterocycles. The minimum atomic E-state index is -3.63. The van der Waals surface area contributed by atoms with Crippen LogP contribution in [0.1, 0.15) is 5.56 Å². The summed E-state index contributed by atoms with van der Waals surface area (Å²) in [7, 11) is -3.63. The molecule has 1 aliphatic rings. The maximum atomic E-state index is 13.0. The van der Waals surface area contributed by atoms with Crippen LogP contribution in [-0.2, 0) is 16.6 Å². The zero-order valence-electron chi connectivity index (χ0n) is 17.9. The van der Waals surface area contributed by atoms with Gasteiger partial charge in [0.05, 0.1) is 4.90 Å². The zero-order valence-corrected chi connectivity index (χ0v) is 18.7. The number of nitrogens with zero attached hydrogens (tertiary/aromatic N) is 3. The summed E-state index contributed by atoms with van der Waals surface area (Å²) >= 11 is 0. The van der Waals surface area contributed by atoms with E-state index in [-0.39, 0.29) is 16.7 Å². The van der Waals surface area contributed by atoms with Crippen LogP contribution in [0.15, 0.2) is 78.0 Å². The summed E-state index contributed by atoms with van der Waals surface area (Å²) in [5.74, 6) is 0.198. The number of sulfonamides is 1. The monoisotopic (exact) mass is 467 g/mol. The summed E-state index contributed by atoms with van der Waals surface area (Å²) in [6.45, 7) is 2.17. The molecule has 10 heteroatoms. The van der Waals surface area contributed by atoms with Crippen molar-refractivity contribution in [3.05, 3.63) is 78.6 Å². The lowest BCUT2D eigenvalue weighted by atomic mass is 10.2. The van der Waals surface area contributed by atoms with Gasteiger partial charge in [0.25, 0.3) is 0 Å². The van der Waals surface area contributed by atoms with Gasteiger partial charge in [-0.2, -0.15) is 4.31 Å². The number of anilines is 2. The summed E-state index contributed by atoms with van der Waals surface area (Å²) in [5.41, 5.74) is 2.32. The van der Waals surface area contributed by atoms with Gasteiger partial charge in [-0.1, -0.05) is 6.07 Å². The van der Waals surface area contributed by atoms with Gasteiger partial charge < -0.3 is 20.6 Å². The lowest BCUT2D eigenvalue weighted by Crippen LogP contribution is -2.48. The van der Waals surface area contributed by atoms with Gasteiger partial charge in [0.2, 0.25) is 10.0 Å². The average molecular weight is 468 g/mol. The number of aromatic hydroxyl groups is 1. The molecular formula is C23H25N5O4S. The van der Waals surface area contributed by atoms with Crippen molar-refractivity contribution in [1.82, 2.24) is 14.6 Å². The molecule has 1 aliphatic heterocycles. The van der Waals surface area contributed by atoms with Crippen LogP contribution in [0.4, 0.5) is 16.2 Å². The molecule has 4 rings (SSSR count). The van der Waals surface area contributed by atoms with Crippen LogP contribution in [0, 0.1) is 0 Å². The highest BCUT2D eigenvalue weighted by atomic mass is 32.2. The maximum absolute atomic E-state index is 13.0. The zero-order chi connectivity index (χ0) is 23.3. The normalized spacial score (nSPS) is 14.6. The molecule has 0 saturated carbocycles. The number of rotatable bonds is 6. The number of aromatic nitrogens is 1. The largest absolute Gasteiger partial charge is 0.508 e. The van der Waals surface area contributed by atoms with E-state index >= 15 is 0 Å². The third kappa shape index (κ3) is 5.60. The van der Waals surface area contributed by atoms with Crippen molar-refractivity contribution in [3.8, 4) is 5.75 Å². The summed E-state index contributed by atoms with van der Waals surface area (Å²) in [5, 5.41) is 14.9. The minimum Gasteiger partial charge on any atom is -0.508 e. The Labute approximate surface area is 192 Å². The number of urea groups is 1. The Morgan fingerprint density at radius 1 is 0.970 bits per heavy atom. The van der Waals surface area contributed by atoms with Crippen molar-refractivity contribution >= 4 is 27.4 Å². The molecule has 3 N–H and O–H groups in total. The van der Waals surface area contributed by atoms with Gasteiger partial charge in [-0.15, -0.1) is 0 Å². The Morgan fingerprint density at radius 3 is 2.30 bits per heavy atom. The number of pyridine rings is 1. The van der Waals surface area contributed by atoms with Gasteiger partial charge in [0.15, 0.2) is 0 Å². The Morgan fingerprint density at radius 2 is 1.67 bits per heavy atom. The van der Waals surface area contributed by atoms with Crippen LogP contribution >= 0.6 is 0 Å². The maximum Gasteiger partial charge on any atom is 0.319 e. The Hall–Kier alpha value is -3.63. The summed E-state index contributed by atoms with van der Waals surface area (Å²) < 4.78 is 27.5. The van der Waals surface area contributed by atoms with Crippen molar-refractivity contribution in [2.75, 3.05) is 36.4 Å². The second kappa shape index (κ2) is 9.88. The number of hydrogen-bond acceptors (Lipinski definition) is 6.